The molecule has 0 saturated heterocycles. The third-order valence-corrected chi connectivity index (χ3v) is 7.43. The van der Waals surface area contributed by atoms with Crippen molar-refractivity contribution >= 4 is 22.7 Å². The normalized spacial score (nSPS) is 11.2. The smallest absolute Gasteiger partial charge is 0.212 e. The molecule has 0 fully saturated rings. The summed E-state index contributed by atoms with van der Waals surface area (Å²) >= 11 is 3.86. The molecule has 0 atom stereocenters. The van der Waals surface area contributed by atoms with Crippen LogP contribution in [0.2, 0.25) is 0 Å². The lowest BCUT2D eigenvalue weighted by molar-refractivity contribution is 0.492. The van der Waals surface area contributed by atoms with Gasteiger partial charge in [0.25, 0.3) is 0 Å². The minimum absolute atomic E-state index is 1.27. The molecule has 0 spiro atoms. The van der Waals surface area contributed by atoms with Crippen LogP contribution in [-0.4, -0.2) is 13.1 Å². The van der Waals surface area contributed by atoms with Crippen LogP contribution in [0.25, 0.3) is 0 Å². The molecule has 152 valence electrons. The van der Waals surface area contributed by atoms with E-state index >= 15 is 0 Å². The molecule has 0 aliphatic carbocycles. The van der Waals surface area contributed by atoms with Crippen molar-refractivity contribution in [1.82, 2.24) is 4.58 Å². The fourth-order valence-corrected chi connectivity index (χ4v) is 5.41. The molecule has 0 radical (unpaired) electrons. The third-order valence-electron chi connectivity index (χ3n) is 5.21. The molecule has 1 aromatic rings. The van der Waals surface area contributed by atoms with Crippen LogP contribution >= 0.6 is 22.7 Å². The molecular formula is C23H44NS2+. The summed E-state index contributed by atoms with van der Waals surface area (Å²) in [6.45, 7) is 7.13. The van der Waals surface area contributed by atoms with Crippen molar-refractivity contribution < 1.29 is 0 Å². The second-order valence-corrected chi connectivity index (χ2v) is 9.76. The van der Waals surface area contributed by atoms with Gasteiger partial charge in [-0.3, -0.25) is 0 Å². The van der Waals surface area contributed by atoms with Crippen molar-refractivity contribution in [2.75, 3.05) is 13.1 Å². The van der Waals surface area contributed by atoms with Crippen molar-refractivity contribution in [2.24, 2.45) is 0 Å². The maximum atomic E-state index is 2.67. The van der Waals surface area contributed by atoms with E-state index in [0.717, 1.165) is 0 Å². The minimum atomic E-state index is 1.27. The first-order valence-corrected chi connectivity index (χ1v) is 13.2. The van der Waals surface area contributed by atoms with Crippen molar-refractivity contribution in [3.8, 4) is 0 Å². The first-order chi connectivity index (χ1) is 12.9. The van der Waals surface area contributed by atoms with Crippen molar-refractivity contribution in [1.29, 1.82) is 0 Å². The Kier molecular flexibility index (Phi) is 16.7. The molecule has 26 heavy (non-hydrogen) atoms. The van der Waals surface area contributed by atoms with Crippen LogP contribution in [0.3, 0.4) is 0 Å². The van der Waals surface area contributed by atoms with E-state index in [1.807, 2.05) is 22.7 Å². The van der Waals surface area contributed by atoms with Gasteiger partial charge in [-0.25, -0.2) is 4.58 Å². The van der Waals surface area contributed by atoms with Crippen molar-refractivity contribution in [2.45, 2.75) is 117 Å². The van der Waals surface area contributed by atoms with Crippen LogP contribution in [0, 0.1) is 0 Å². The van der Waals surface area contributed by atoms with E-state index in [0.29, 0.717) is 0 Å². The average Bonchev–Trinajstić information content (AvgIpc) is 3.19. The van der Waals surface area contributed by atoms with Gasteiger partial charge in [-0.05, 0) is 12.8 Å². The molecule has 0 unspecified atom stereocenters. The van der Waals surface area contributed by atoms with E-state index in [1.54, 1.807) is 0 Å². The largest absolute Gasteiger partial charge is 0.313 e. The Morgan fingerprint density at radius 2 is 0.885 bits per heavy atom. The molecule has 0 aliphatic rings. The molecule has 1 nitrogen and oxygen atoms in total. The zero-order chi connectivity index (χ0) is 18.7. The number of rotatable bonds is 18. The van der Waals surface area contributed by atoms with Crippen molar-refractivity contribution in [3.63, 3.8) is 0 Å². The van der Waals surface area contributed by atoms with Gasteiger partial charge in [0.05, 0.1) is 0 Å². The summed E-state index contributed by atoms with van der Waals surface area (Å²) in [5.74, 6) is 0. The monoisotopic (exact) mass is 398 g/mol. The fraction of sp³-hybridized carbons (Fsp3) is 0.870. The van der Waals surface area contributed by atoms with Gasteiger partial charge in [-0.2, -0.15) is 0 Å². The van der Waals surface area contributed by atoms with E-state index in [-0.39, 0.29) is 0 Å². The number of hydrogen-bond acceptors (Lipinski definition) is 2. The predicted molar refractivity (Wildman–Crippen MR) is 122 cm³/mol. The quantitative estimate of drug-likeness (QED) is 0.175. The molecule has 3 heteroatoms. The number of nitrogens with zero attached hydrogens (tertiary/aromatic N) is 1. The van der Waals surface area contributed by atoms with Crippen LogP contribution in [0.15, 0.2) is 10.8 Å². The van der Waals surface area contributed by atoms with E-state index < -0.39 is 0 Å². The topological polar surface area (TPSA) is 3.01 Å². The SMILES string of the molecule is CCCCCCCCCC[N+](CCCCCCCCCC)=c1sccs1. The Morgan fingerprint density at radius 3 is 1.27 bits per heavy atom. The summed E-state index contributed by atoms with van der Waals surface area (Å²) in [6, 6.07) is 0. The molecule has 1 heterocycles. The third kappa shape index (κ3) is 13.1. The van der Waals surface area contributed by atoms with Gasteiger partial charge < -0.3 is 0 Å². The molecular weight excluding hydrogens is 354 g/mol. The second kappa shape index (κ2) is 18.2. The van der Waals surface area contributed by atoms with Gasteiger partial charge in [0.2, 0.25) is 0 Å². The Bertz CT molecular complexity index is 422. The minimum Gasteiger partial charge on any atom is -0.212 e. The summed E-state index contributed by atoms with van der Waals surface area (Å²) in [4.78, 5) is 0. The molecule has 0 aliphatic heterocycles. The molecule has 1 rings (SSSR count). The molecule has 0 N–H and O–H groups in total. The van der Waals surface area contributed by atoms with Crippen LogP contribution in [0.1, 0.15) is 117 Å². The summed E-state index contributed by atoms with van der Waals surface area (Å²) in [7, 11) is 0. The molecule has 1 aromatic heterocycles. The van der Waals surface area contributed by atoms with Crippen LogP contribution in [0.5, 0.6) is 0 Å². The second-order valence-electron chi connectivity index (χ2n) is 7.71. The Labute approximate surface area is 171 Å². The summed E-state index contributed by atoms with van der Waals surface area (Å²) < 4.78 is 4.19. The van der Waals surface area contributed by atoms with E-state index in [9.17, 15) is 0 Å². The number of unbranched alkanes of at least 4 members (excludes halogenated alkanes) is 14. The summed E-state index contributed by atoms with van der Waals surface area (Å²) in [5, 5.41) is 4.49. The van der Waals surface area contributed by atoms with Crippen molar-refractivity contribution in [3.05, 3.63) is 14.7 Å². The zero-order valence-corrected chi connectivity index (χ0v) is 19.3. The van der Waals surface area contributed by atoms with Crippen LogP contribution in [0.4, 0.5) is 0 Å². The predicted octanol–water partition coefficient (Wildman–Crippen LogP) is 7.86. The lowest BCUT2D eigenvalue weighted by Gasteiger charge is -2.04. The first-order valence-electron chi connectivity index (χ1n) is 11.5. The van der Waals surface area contributed by atoms with E-state index in [1.165, 1.54) is 120 Å². The maximum Gasteiger partial charge on any atom is 0.313 e. The van der Waals surface area contributed by atoms with Crippen LogP contribution < -0.4 is 8.56 Å². The van der Waals surface area contributed by atoms with Gasteiger partial charge in [0.1, 0.15) is 13.1 Å². The zero-order valence-electron chi connectivity index (χ0n) is 17.6. The average molecular weight is 399 g/mol. The summed E-state index contributed by atoms with van der Waals surface area (Å²) in [5.41, 5.74) is 0. The van der Waals surface area contributed by atoms with Gasteiger partial charge >= 0.3 is 3.98 Å². The molecule has 0 saturated carbocycles. The van der Waals surface area contributed by atoms with Gasteiger partial charge in [0, 0.05) is 23.6 Å². The highest BCUT2D eigenvalue weighted by Gasteiger charge is 2.07. The summed E-state index contributed by atoms with van der Waals surface area (Å²) in [6.07, 6.45) is 22.7. The highest BCUT2D eigenvalue weighted by atomic mass is 32.2. The Morgan fingerprint density at radius 1 is 0.538 bits per heavy atom. The highest BCUT2D eigenvalue weighted by molar-refractivity contribution is 7.24. The van der Waals surface area contributed by atoms with Gasteiger partial charge in [0.15, 0.2) is 0 Å². The highest BCUT2D eigenvalue weighted by Crippen LogP contribution is 2.10. The fourth-order valence-electron chi connectivity index (χ4n) is 3.52. The lowest BCUT2D eigenvalue weighted by Crippen LogP contribution is -2.28. The van der Waals surface area contributed by atoms with E-state index in [2.05, 4.69) is 29.2 Å². The van der Waals surface area contributed by atoms with Crippen LogP contribution in [-0.2, 0) is 0 Å². The Hall–Kier alpha value is -0.150. The first kappa shape index (κ1) is 23.9. The lowest BCUT2D eigenvalue weighted by atomic mass is 10.1. The van der Waals surface area contributed by atoms with Gasteiger partial charge in [-0.15, -0.1) is 0 Å². The molecule has 0 amide bonds. The van der Waals surface area contributed by atoms with Gasteiger partial charge in [-0.1, -0.05) is 114 Å². The Balaban J connectivity index is 2.15. The molecule has 0 bridgehead atoms. The maximum absolute atomic E-state index is 2.67. The van der Waals surface area contributed by atoms with E-state index in [4.69, 9.17) is 0 Å². The standard InChI is InChI=1S/C23H44NS2/c1-3-5-7-9-11-13-15-17-19-24(23-25-21-22-26-23)20-18-16-14-12-10-8-6-4-2/h21-22H,3-20H2,1-2H3/q+1. The molecule has 0 aromatic carbocycles. The number of hydrogen-bond donors (Lipinski definition) is 0.